The lowest BCUT2D eigenvalue weighted by molar-refractivity contribution is 1.35. The van der Waals surface area contributed by atoms with Crippen LogP contribution in [0.15, 0.2) is 65.9 Å². The molecule has 3 aromatic rings. The second kappa shape index (κ2) is 4.75. The molecule has 1 aromatic heterocycles. The van der Waals surface area contributed by atoms with Gasteiger partial charge in [-0.25, -0.2) is 0 Å². The van der Waals surface area contributed by atoms with E-state index in [1.54, 1.807) is 0 Å². The van der Waals surface area contributed by atoms with Crippen molar-refractivity contribution in [3.8, 4) is 0 Å². The van der Waals surface area contributed by atoms with Crippen LogP contribution in [0.1, 0.15) is 5.56 Å². The van der Waals surface area contributed by atoms with Crippen LogP contribution in [0.2, 0.25) is 0 Å². The molecule has 0 unspecified atom stereocenters. The molecule has 88 valence electrons. The van der Waals surface area contributed by atoms with Gasteiger partial charge in [0, 0.05) is 22.7 Å². The Bertz CT molecular complexity index is 668. The van der Waals surface area contributed by atoms with E-state index >= 15 is 0 Å². The summed E-state index contributed by atoms with van der Waals surface area (Å²) < 4.78 is 0. The van der Waals surface area contributed by atoms with Crippen molar-refractivity contribution in [2.45, 2.75) is 0 Å². The van der Waals surface area contributed by atoms with Gasteiger partial charge in [-0.2, -0.15) is 5.10 Å². The molecule has 0 aliphatic rings. The Morgan fingerprint density at radius 2 is 1.83 bits per heavy atom. The highest BCUT2D eigenvalue weighted by atomic mass is 15.3. The molecule has 0 fully saturated rings. The molecule has 0 spiro atoms. The number of hydrogen-bond acceptors (Lipinski definition) is 2. The van der Waals surface area contributed by atoms with E-state index in [-0.39, 0.29) is 0 Å². The molecule has 2 aromatic carbocycles. The van der Waals surface area contributed by atoms with Crippen LogP contribution in [0, 0.1) is 0 Å². The van der Waals surface area contributed by atoms with Crippen LogP contribution < -0.4 is 5.43 Å². The van der Waals surface area contributed by atoms with Crippen LogP contribution in [0.25, 0.3) is 10.9 Å². The average Bonchev–Trinajstić information content (AvgIpc) is 2.89. The summed E-state index contributed by atoms with van der Waals surface area (Å²) in [5.41, 5.74) is 6.21. The molecule has 0 bridgehead atoms. The SMILES string of the molecule is C(=NNc1ccccc1)c1cccc2[nH]ccc12. The van der Waals surface area contributed by atoms with E-state index in [0.717, 1.165) is 16.8 Å². The molecule has 0 saturated carbocycles. The van der Waals surface area contributed by atoms with Gasteiger partial charge in [0.2, 0.25) is 0 Å². The molecule has 0 amide bonds. The number of nitrogens with one attached hydrogen (secondary N) is 2. The zero-order chi connectivity index (χ0) is 12.2. The average molecular weight is 235 g/mol. The summed E-state index contributed by atoms with van der Waals surface area (Å²) in [6, 6.07) is 18.1. The molecular weight excluding hydrogens is 222 g/mol. The minimum atomic E-state index is 0.981. The van der Waals surface area contributed by atoms with Gasteiger partial charge in [0.05, 0.1) is 11.9 Å². The van der Waals surface area contributed by atoms with Crippen molar-refractivity contribution in [3.05, 3.63) is 66.4 Å². The minimum Gasteiger partial charge on any atom is -0.361 e. The summed E-state index contributed by atoms with van der Waals surface area (Å²) in [7, 11) is 0. The predicted octanol–water partition coefficient (Wildman–Crippen LogP) is 3.61. The van der Waals surface area contributed by atoms with Crippen molar-refractivity contribution >= 4 is 22.8 Å². The largest absolute Gasteiger partial charge is 0.361 e. The minimum absolute atomic E-state index is 0.981. The summed E-state index contributed by atoms with van der Waals surface area (Å²) in [4.78, 5) is 3.19. The van der Waals surface area contributed by atoms with Gasteiger partial charge < -0.3 is 4.98 Å². The number of hydrazone groups is 1. The summed E-state index contributed by atoms with van der Waals surface area (Å²) in [6.07, 6.45) is 3.77. The molecule has 2 N–H and O–H groups in total. The van der Waals surface area contributed by atoms with Crippen LogP contribution in [-0.4, -0.2) is 11.2 Å². The van der Waals surface area contributed by atoms with E-state index < -0.39 is 0 Å². The number of hydrogen-bond donors (Lipinski definition) is 2. The molecule has 0 atom stereocenters. The monoisotopic (exact) mass is 235 g/mol. The van der Waals surface area contributed by atoms with E-state index in [9.17, 15) is 0 Å². The predicted molar refractivity (Wildman–Crippen MR) is 76.0 cm³/mol. The lowest BCUT2D eigenvalue weighted by Crippen LogP contribution is -1.90. The lowest BCUT2D eigenvalue weighted by Gasteiger charge is -1.99. The molecule has 1 heterocycles. The highest BCUT2D eigenvalue weighted by Crippen LogP contribution is 2.15. The van der Waals surface area contributed by atoms with E-state index in [2.05, 4.69) is 27.6 Å². The number of aromatic nitrogens is 1. The summed E-state index contributed by atoms with van der Waals surface area (Å²) in [5, 5.41) is 5.43. The first kappa shape index (κ1) is 10.6. The molecule has 0 saturated heterocycles. The van der Waals surface area contributed by atoms with Crippen molar-refractivity contribution in [1.82, 2.24) is 4.98 Å². The normalized spacial score (nSPS) is 11.1. The Hall–Kier alpha value is -2.55. The Morgan fingerprint density at radius 1 is 0.944 bits per heavy atom. The van der Waals surface area contributed by atoms with Crippen LogP contribution >= 0.6 is 0 Å². The number of aromatic amines is 1. The van der Waals surface area contributed by atoms with Crippen molar-refractivity contribution in [3.63, 3.8) is 0 Å². The smallest absolute Gasteiger partial charge is 0.0561 e. The van der Waals surface area contributed by atoms with Crippen LogP contribution in [-0.2, 0) is 0 Å². The van der Waals surface area contributed by atoms with Gasteiger partial charge in [0.25, 0.3) is 0 Å². The summed E-state index contributed by atoms with van der Waals surface area (Å²) in [6.45, 7) is 0. The third-order valence-electron chi connectivity index (χ3n) is 2.80. The van der Waals surface area contributed by atoms with Gasteiger partial charge in [0.15, 0.2) is 0 Å². The van der Waals surface area contributed by atoms with E-state index in [4.69, 9.17) is 0 Å². The second-order valence-corrected chi connectivity index (χ2v) is 4.02. The molecule has 0 aliphatic carbocycles. The van der Waals surface area contributed by atoms with Gasteiger partial charge in [-0.3, -0.25) is 5.43 Å². The van der Waals surface area contributed by atoms with E-state index in [1.165, 1.54) is 5.39 Å². The molecule has 18 heavy (non-hydrogen) atoms. The Morgan fingerprint density at radius 3 is 2.72 bits per heavy atom. The number of para-hydroxylation sites is 1. The number of anilines is 1. The molecular formula is C15H13N3. The number of nitrogens with zero attached hydrogens (tertiary/aromatic N) is 1. The van der Waals surface area contributed by atoms with Gasteiger partial charge in [0.1, 0.15) is 0 Å². The van der Waals surface area contributed by atoms with Crippen molar-refractivity contribution in [2.75, 3.05) is 5.43 Å². The summed E-state index contributed by atoms with van der Waals surface area (Å²) >= 11 is 0. The van der Waals surface area contributed by atoms with Crippen molar-refractivity contribution in [1.29, 1.82) is 0 Å². The molecule has 3 nitrogen and oxygen atoms in total. The molecule has 3 heteroatoms. The first-order chi connectivity index (χ1) is 8.93. The second-order valence-electron chi connectivity index (χ2n) is 4.02. The van der Waals surface area contributed by atoms with Gasteiger partial charge >= 0.3 is 0 Å². The van der Waals surface area contributed by atoms with Crippen LogP contribution in [0.4, 0.5) is 5.69 Å². The van der Waals surface area contributed by atoms with Gasteiger partial charge in [-0.15, -0.1) is 0 Å². The number of rotatable bonds is 3. The van der Waals surface area contributed by atoms with Crippen molar-refractivity contribution < 1.29 is 0 Å². The zero-order valence-electron chi connectivity index (χ0n) is 9.80. The Balaban J connectivity index is 1.82. The fourth-order valence-corrected chi connectivity index (χ4v) is 1.91. The third-order valence-corrected chi connectivity index (χ3v) is 2.80. The first-order valence-corrected chi connectivity index (χ1v) is 5.84. The zero-order valence-corrected chi connectivity index (χ0v) is 9.80. The maximum absolute atomic E-state index is 4.25. The third kappa shape index (κ3) is 2.11. The molecule has 0 aliphatic heterocycles. The summed E-state index contributed by atoms with van der Waals surface area (Å²) in [5.74, 6) is 0. The van der Waals surface area contributed by atoms with Gasteiger partial charge in [-0.05, 0) is 24.3 Å². The Kier molecular flexibility index (Phi) is 2.80. The van der Waals surface area contributed by atoms with E-state index in [1.807, 2.05) is 54.9 Å². The maximum Gasteiger partial charge on any atom is 0.0561 e. The first-order valence-electron chi connectivity index (χ1n) is 5.84. The topological polar surface area (TPSA) is 40.2 Å². The van der Waals surface area contributed by atoms with Crippen molar-refractivity contribution in [2.24, 2.45) is 5.10 Å². The van der Waals surface area contributed by atoms with Crippen LogP contribution in [0.5, 0.6) is 0 Å². The number of fused-ring (bicyclic) bond motifs is 1. The van der Waals surface area contributed by atoms with Gasteiger partial charge in [-0.1, -0.05) is 30.3 Å². The van der Waals surface area contributed by atoms with Crippen LogP contribution in [0.3, 0.4) is 0 Å². The highest BCUT2D eigenvalue weighted by Gasteiger charge is 1.97. The quantitative estimate of drug-likeness (QED) is 0.528. The molecule has 3 rings (SSSR count). The fourth-order valence-electron chi connectivity index (χ4n) is 1.91. The number of benzene rings is 2. The Labute approximate surface area is 105 Å². The van der Waals surface area contributed by atoms with E-state index in [0.29, 0.717) is 0 Å². The maximum atomic E-state index is 4.25. The molecule has 0 radical (unpaired) electrons. The number of H-pyrrole nitrogens is 1. The highest BCUT2D eigenvalue weighted by molar-refractivity contribution is 5.98. The lowest BCUT2D eigenvalue weighted by atomic mass is 10.1. The standard InChI is InChI=1S/C15H13N3/c1-2-6-13(7-3-1)18-17-11-12-5-4-8-15-14(12)9-10-16-15/h1-11,16,18H. The fraction of sp³-hybridized carbons (Fsp3) is 0.